The molecule has 154 valence electrons. The molecule has 0 aliphatic carbocycles. The number of guanidine groups is 1. The van der Waals surface area contributed by atoms with Gasteiger partial charge < -0.3 is 19.5 Å². The van der Waals surface area contributed by atoms with Gasteiger partial charge in [0.1, 0.15) is 17.8 Å². The standard InChI is InChI=1S/C21H26FN5O2/c1-21(2,3)17-11-25-18(29-17)12-26-20(23-4)24-10-9-16-13-28-19(27-16)14-5-7-15(22)8-6-14/h5-8,11,13H,9-10,12H2,1-4H3,(H2,23,24,26). The fraction of sp³-hybridized carbons (Fsp3) is 0.381. The zero-order valence-corrected chi connectivity index (χ0v) is 17.1. The van der Waals surface area contributed by atoms with Crippen LogP contribution in [0.4, 0.5) is 4.39 Å². The summed E-state index contributed by atoms with van der Waals surface area (Å²) in [7, 11) is 1.70. The van der Waals surface area contributed by atoms with E-state index in [1.807, 2.05) is 0 Å². The van der Waals surface area contributed by atoms with Crippen LogP contribution in [0, 0.1) is 5.82 Å². The van der Waals surface area contributed by atoms with Gasteiger partial charge in [0.2, 0.25) is 11.8 Å². The number of rotatable bonds is 6. The molecular formula is C21H26FN5O2. The van der Waals surface area contributed by atoms with Crippen molar-refractivity contribution in [3.8, 4) is 11.5 Å². The molecule has 0 amide bonds. The van der Waals surface area contributed by atoms with Gasteiger partial charge in [-0.2, -0.15) is 0 Å². The molecule has 1 aromatic carbocycles. The van der Waals surface area contributed by atoms with Crippen LogP contribution in [-0.2, 0) is 18.4 Å². The molecule has 2 N–H and O–H groups in total. The maximum atomic E-state index is 13.0. The summed E-state index contributed by atoms with van der Waals surface area (Å²) in [6, 6.07) is 6.05. The van der Waals surface area contributed by atoms with Crippen molar-refractivity contribution in [1.29, 1.82) is 0 Å². The summed E-state index contributed by atoms with van der Waals surface area (Å²) in [5.41, 5.74) is 1.47. The van der Waals surface area contributed by atoms with Gasteiger partial charge in [0.15, 0.2) is 5.96 Å². The van der Waals surface area contributed by atoms with Crippen molar-refractivity contribution in [3.63, 3.8) is 0 Å². The molecule has 0 unspecified atom stereocenters. The van der Waals surface area contributed by atoms with Crippen molar-refractivity contribution < 1.29 is 13.2 Å². The Hall–Kier alpha value is -3.16. The lowest BCUT2D eigenvalue weighted by atomic mass is 9.94. The third kappa shape index (κ3) is 5.66. The number of hydrogen-bond acceptors (Lipinski definition) is 5. The molecular weight excluding hydrogens is 373 g/mol. The average Bonchev–Trinajstić information content (AvgIpc) is 3.34. The SMILES string of the molecule is CN=C(NCCc1coc(-c2ccc(F)cc2)n1)NCc1ncc(C(C)(C)C)o1. The van der Waals surface area contributed by atoms with E-state index in [1.54, 1.807) is 31.6 Å². The average molecular weight is 399 g/mol. The summed E-state index contributed by atoms with van der Waals surface area (Å²) >= 11 is 0. The molecule has 2 aromatic heterocycles. The first-order valence-electron chi connectivity index (χ1n) is 9.45. The van der Waals surface area contributed by atoms with Crippen LogP contribution in [0.2, 0.25) is 0 Å². The second-order valence-electron chi connectivity index (χ2n) is 7.62. The van der Waals surface area contributed by atoms with Gasteiger partial charge in [0, 0.05) is 31.0 Å². The molecule has 2 heterocycles. The van der Waals surface area contributed by atoms with Gasteiger partial charge in [0.05, 0.1) is 18.4 Å². The van der Waals surface area contributed by atoms with Crippen LogP contribution in [0.1, 0.15) is 38.1 Å². The molecule has 0 fully saturated rings. The molecule has 0 atom stereocenters. The lowest BCUT2D eigenvalue weighted by Crippen LogP contribution is -2.37. The van der Waals surface area contributed by atoms with E-state index in [2.05, 4.69) is 46.4 Å². The molecule has 0 saturated heterocycles. The van der Waals surface area contributed by atoms with Crippen LogP contribution in [0.5, 0.6) is 0 Å². The van der Waals surface area contributed by atoms with Gasteiger partial charge in [-0.15, -0.1) is 0 Å². The molecule has 0 spiro atoms. The molecule has 0 saturated carbocycles. The summed E-state index contributed by atoms with van der Waals surface area (Å²) in [5.74, 6) is 2.28. The lowest BCUT2D eigenvalue weighted by Gasteiger charge is -2.13. The van der Waals surface area contributed by atoms with Crippen LogP contribution in [0.25, 0.3) is 11.5 Å². The fourth-order valence-electron chi connectivity index (χ4n) is 2.57. The highest BCUT2D eigenvalue weighted by molar-refractivity contribution is 5.79. The zero-order chi connectivity index (χ0) is 20.9. The summed E-state index contributed by atoms with van der Waals surface area (Å²) in [5, 5.41) is 6.40. The van der Waals surface area contributed by atoms with Crippen LogP contribution in [0.15, 0.2) is 50.6 Å². The molecule has 29 heavy (non-hydrogen) atoms. The third-order valence-electron chi connectivity index (χ3n) is 4.24. The number of oxazole rings is 2. The number of nitrogens with zero attached hydrogens (tertiary/aromatic N) is 3. The minimum absolute atomic E-state index is 0.0739. The molecule has 7 nitrogen and oxygen atoms in total. The van der Waals surface area contributed by atoms with Gasteiger partial charge in [-0.1, -0.05) is 20.8 Å². The highest BCUT2D eigenvalue weighted by atomic mass is 19.1. The first-order valence-corrected chi connectivity index (χ1v) is 9.45. The number of nitrogens with one attached hydrogen (secondary N) is 2. The molecule has 8 heteroatoms. The van der Waals surface area contributed by atoms with E-state index < -0.39 is 0 Å². The van der Waals surface area contributed by atoms with Gasteiger partial charge in [-0.3, -0.25) is 4.99 Å². The molecule has 0 radical (unpaired) electrons. The normalized spacial score (nSPS) is 12.2. The second kappa shape index (κ2) is 8.89. The van der Waals surface area contributed by atoms with Crippen LogP contribution in [0.3, 0.4) is 0 Å². The fourth-order valence-corrected chi connectivity index (χ4v) is 2.57. The summed E-state index contributed by atoms with van der Waals surface area (Å²) in [6.45, 7) is 7.30. The van der Waals surface area contributed by atoms with E-state index in [-0.39, 0.29) is 11.2 Å². The first kappa shape index (κ1) is 20.6. The maximum Gasteiger partial charge on any atom is 0.226 e. The number of aromatic nitrogens is 2. The predicted molar refractivity (Wildman–Crippen MR) is 109 cm³/mol. The van der Waals surface area contributed by atoms with E-state index in [0.29, 0.717) is 37.3 Å². The smallest absolute Gasteiger partial charge is 0.226 e. The highest BCUT2D eigenvalue weighted by Gasteiger charge is 2.19. The Morgan fingerprint density at radius 1 is 1.17 bits per heavy atom. The Balaban J connectivity index is 1.46. The third-order valence-corrected chi connectivity index (χ3v) is 4.24. The van der Waals surface area contributed by atoms with Gasteiger partial charge >= 0.3 is 0 Å². The molecule has 0 aliphatic rings. The van der Waals surface area contributed by atoms with Crippen LogP contribution < -0.4 is 10.6 Å². The Kier molecular flexibility index (Phi) is 6.31. The maximum absolute atomic E-state index is 13.0. The number of hydrogen-bond donors (Lipinski definition) is 2. The van der Waals surface area contributed by atoms with Crippen molar-refractivity contribution in [2.75, 3.05) is 13.6 Å². The number of benzene rings is 1. The number of halogens is 1. The van der Waals surface area contributed by atoms with Crippen molar-refractivity contribution in [2.45, 2.75) is 39.2 Å². The Morgan fingerprint density at radius 3 is 2.59 bits per heavy atom. The van der Waals surface area contributed by atoms with E-state index in [9.17, 15) is 4.39 Å². The minimum Gasteiger partial charge on any atom is -0.444 e. The zero-order valence-electron chi connectivity index (χ0n) is 17.1. The van der Waals surface area contributed by atoms with Gasteiger partial charge in [-0.25, -0.2) is 14.4 Å². The van der Waals surface area contributed by atoms with Crippen molar-refractivity contribution in [1.82, 2.24) is 20.6 Å². The summed E-state index contributed by atoms with van der Waals surface area (Å²) < 4.78 is 24.3. The monoisotopic (exact) mass is 399 g/mol. The van der Waals surface area contributed by atoms with Crippen molar-refractivity contribution in [3.05, 3.63) is 59.9 Å². The van der Waals surface area contributed by atoms with Crippen LogP contribution in [-0.4, -0.2) is 29.5 Å². The van der Waals surface area contributed by atoms with E-state index in [0.717, 1.165) is 17.0 Å². The largest absolute Gasteiger partial charge is 0.444 e. The second-order valence-corrected chi connectivity index (χ2v) is 7.62. The molecule has 0 aliphatic heterocycles. The van der Waals surface area contributed by atoms with Gasteiger partial charge in [0.25, 0.3) is 0 Å². The molecule has 3 rings (SSSR count). The quantitative estimate of drug-likeness (QED) is 0.486. The summed E-state index contributed by atoms with van der Waals surface area (Å²) in [6.07, 6.45) is 4.02. The lowest BCUT2D eigenvalue weighted by molar-refractivity contribution is 0.379. The van der Waals surface area contributed by atoms with Crippen molar-refractivity contribution in [2.24, 2.45) is 4.99 Å². The van der Waals surface area contributed by atoms with E-state index in [4.69, 9.17) is 8.83 Å². The van der Waals surface area contributed by atoms with Crippen LogP contribution >= 0.6 is 0 Å². The topological polar surface area (TPSA) is 88.5 Å². The van der Waals surface area contributed by atoms with Crippen molar-refractivity contribution >= 4 is 5.96 Å². The van der Waals surface area contributed by atoms with Gasteiger partial charge in [-0.05, 0) is 24.3 Å². The predicted octanol–water partition coefficient (Wildman–Crippen LogP) is 3.67. The summed E-state index contributed by atoms with van der Waals surface area (Å²) in [4.78, 5) is 12.9. The Bertz CT molecular complexity index is 954. The van der Waals surface area contributed by atoms with E-state index in [1.165, 1.54) is 12.1 Å². The highest BCUT2D eigenvalue weighted by Crippen LogP contribution is 2.22. The first-order chi connectivity index (χ1) is 13.8. The van der Waals surface area contributed by atoms with E-state index >= 15 is 0 Å². The Labute approximate surface area is 169 Å². The Morgan fingerprint density at radius 2 is 1.93 bits per heavy atom. The molecule has 0 bridgehead atoms. The minimum atomic E-state index is -0.289. The number of aliphatic imine (C=N–C) groups is 1. The molecule has 3 aromatic rings.